The van der Waals surface area contributed by atoms with Crippen molar-refractivity contribution < 1.29 is 9.68 Å². The molecule has 20 aromatic carbocycles. The fourth-order valence-corrected chi connectivity index (χ4v) is 16.9. The van der Waals surface area contributed by atoms with Crippen molar-refractivity contribution in [2.24, 2.45) is 0 Å². The van der Waals surface area contributed by atoms with Crippen molar-refractivity contribution in [3.8, 4) is 83.6 Å². The molecular formula is C100H65BBrO2. The molecule has 0 saturated carbocycles. The molecule has 0 aliphatic heterocycles. The van der Waals surface area contributed by atoms with E-state index in [1.807, 2.05) is 24.3 Å². The average molecular weight is 1390 g/mol. The maximum Gasteiger partial charge on any atom is 0.569 e. The molecule has 0 aromatic heterocycles. The van der Waals surface area contributed by atoms with Crippen LogP contribution in [0.2, 0.25) is 0 Å². The number of halogens is 1. The lowest BCUT2D eigenvalue weighted by atomic mass is 9.83. The number of hydrogen-bond acceptors (Lipinski definition) is 2. The molecule has 20 aromatic rings. The molecule has 1 radical (unpaired) electrons. The molecule has 0 unspecified atom stereocenters. The van der Waals surface area contributed by atoms with Crippen molar-refractivity contribution in [1.82, 2.24) is 0 Å². The fraction of sp³-hybridized carbons (Fsp3) is 0. The van der Waals surface area contributed by atoms with E-state index in [0.29, 0.717) is 13.4 Å². The molecule has 1 N–H and O–H groups in total. The van der Waals surface area contributed by atoms with Gasteiger partial charge in [0.05, 0.1) is 0 Å². The Bertz CT molecular complexity index is 6530. The van der Waals surface area contributed by atoms with Gasteiger partial charge in [-0.15, -0.1) is 0 Å². The minimum atomic E-state index is 0.603. The second-order valence-corrected chi connectivity index (χ2v) is 27.2. The highest BCUT2D eigenvalue weighted by molar-refractivity contribution is 9.10. The van der Waals surface area contributed by atoms with E-state index in [-0.39, 0.29) is 0 Å². The van der Waals surface area contributed by atoms with Gasteiger partial charge in [-0.1, -0.05) is 376 Å². The molecule has 0 aliphatic carbocycles. The Kier molecular flexibility index (Phi) is 16.9. The summed E-state index contributed by atoms with van der Waals surface area (Å²) in [6.07, 6.45) is 0. The Morgan fingerprint density at radius 2 is 0.404 bits per heavy atom. The zero-order valence-corrected chi connectivity index (χ0v) is 58.3. The molecule has 20 rings (SSSR count). The highest BCUT2D eigenvalue weighted by Gasteiger charge is 2.23. The number of rotatable bonds is 9. The molecule has 0 heterocycles. The highest BCUT2D eigenvalue weighted by atomic mass is 79.9. The zero-order valence-electron chi connectivity index (χ0n) is 56.8. The zero-order chi connectivity index (χ0) is 69.5. The van der Waals surface area contributed by atoms with Crippen LogP contribution < -0.4 is 4.65 Å². The van der Waals surface area contributed by atoms with Crippen molar-refractivity contribution >= 4 is 131 Å². The smallest absolute Gasteiger partial charge is 0.537 e. The Labute approximate surface area is 613 Å². The summed E-state index contributed by atoms with van der Waals surface area (Å²) in [5.74, 6) is 0.603. The lowest BCUT2D eigenvalue weighted by Gasteiger charge is -2.20. The maximum absolute atomic E-state index is 8.88. The van der Waals surface area contributed by atoms with E-state index < -0.39 is 0 Å². The van der Waals surface area contributed by atoms with Gasteiger partial charge < -0.3 is 9.68 Å². The standard InChI is InChI=1S/C50H32.C26H18BO2.C24H15Br/c1-3-16-34(17-4-1)46-39-21-9-11-23-41(39)47(42-24-12-10-22-40(42)46)36-27-29-37(30-28-36)48-43-25-13-14-26-44(43)49(35-18-5-2-6-19-35)50-38-20-8-7-15-33(38)31-32-45(48)50;28-27-29-20-16-14-19(15-17-20)26-23-12-6-4-10-21(23)25(18-8-2-1-3-9-18)22-11-5-7-13-24(22)26;25-24-20-13-7-6-12-19(20)22(17-9-2-1-3-10-17)23-18-11-5-4-8-16(18)14-15-21(23)24/h1-32H;1-17,28H;1-15H. The van der Waals surface area contributed by atoms with Crippen LogP contribution in [0.1, 0.15) is 0 Å². The van der Waals surface area contributed by atoms with E-state index in [1.165, 1.54) is 185 Å². The summed E-state index contributed by atoms with van der Waals surface area (Å²) in [6.45, 7) is 0. The molecule has 0 atom stereocenters. The fourth-order valence-electron chi connectivity index (χ4n) is 16.2. The van der Waals surface area contributed by atoms with Crippen LogP contribution in [0.3, 0.4) is 0 Å². The average Bonchev–Trinajstić information content (AvgIpc) is 0.727. The summed E-state index contributed by atoms with van der Waals surface area (Å²) >= 11 is 3.87. The normalized spacial score (nSPS) is 11.4. The van der Waals surface area contributed by atoms with E-state index >= 15 is 0 Å². The van der Waals surface area contributed by atoms with Crippen LogP contribution in [0, 0.1) is 0 Å². The second kappa shape index (κ2) is 27.7. The molecule has 0 aliphatic rings. The monoisotopic (exact) mass is 1390 g/mol. The van der Waals surface area contributed by atoms with Crippen molar-refractivity contribution in [2.75, 3.05) is 0 Å². The largest absolute Gasteiger partial charge is 0.569 e. The van der Waals surface area contributed by atoms with Gasteiger partial charge >= 0.3 is 7.69 Å². The first-order chi connectivity index (χ1) is 51.6. The van der Waals surface area contributed by atoms with Crippen LogP contribution in [-0.2, 0) is 0 Å². The molecule has 487 valence electrons. The van der Waals surface area contributed by atoms with Gasteiger partial charge in [0, 0.05) is 4.47 Å². The third kappa shape index (κ3) is 11.3. The van der Waals surface area contributed by atoms with Crippen LogP contribution in [0.15, 0.2) is 393 Å². The molecule has 0 saturated heterocycles. The molecule has 4 heteroatoms. The van der Waals surface area contributed by atoms with E-state index in [4.69, 9.17) is 9.68 Å². The highest BCUT2D eigenvalue weighted by Crippen LogP contribution is 2.50. The SMILES string of the molecule is Brc1c2ccccc2c(-c2ccccc2)c2c1ccc1ccccc12.O[B]Oc1ccc(-c2c3ccccc3c(-c3ccccc3)c3ccccc23)cc1.c1ccc(-c2c3ccccc3c(-c3ccc(-c4c5ccccc5c(-c5ccccc5)c5c4ccc4ccccc45)cc3)c3ccccc23)cc1. The van der Waals surface area contributed by atoms with Crippen LogP contribution in [0.25, 0.3) is 186 Å². The lowest BCUT2D eigenvalue weighted by molar-refractivity contribution is 0.454. The molecule has 0 fully saturated rings. The number of benzene rings is 20. The van der Waals surface area contributed by atoms with Gasteiger partial charge in [-0.2, -0.15) is 0 Å². The predicted molar refractivity (Wildman–Crippen MR) is 449 cm³/mol. The molecule has 0 spiro atoms. The Balaban J connectivity index is 0.000000121. The summed E-state index contributed by atoms with van der Waals surface area (Å²) in [4.78, 5) is 0. The Hall–Kier alpha value is -12.7. The van der Waals surface area contributed by atoms with Crippen LogP contribution >= 0.6 is 15.9 Å². The van der Waals surface area contributed by atoms with E-state index in [9.17, 15) is 0 Å². The number of hydrogen-bond donors (Lipinski definition) is 1. The summed E-state index contributed by atoms with van der Waals surface area (Å²) in [5.41, 5.74) is 17.4. The van der Waals surface area contributed by atoms with Gasteiger partial charge in [0.2, 0.25) is 0 Å². The minimum absolute atomic E-state index is 0.603. The van der Waals surface area contributed by atoms with Gasteiger partial charge in [0.15, 0.2) is 0 Å². The van der Waals surface area contributed by atoms with Gasteiger partial charge in [0.1, 0.15) is 5.75 Å². The quantitative estimate of drug-likeness (QED) is 0.0887. The second-order valence-electron chi connectivity index (χ2n) is 26.4. The summed E-state index contributed by atoms with van der Waals surface area (Å²) in [6, 6.07) is 139. The third-order valence-corrected chi connectivity index (χ3v) is 21.5. The minimum Gasteiger partial charge on any atom is -0.537 e. The van der Waals surface area contributed by atoms with E-state index in [1.54, 1.807) is 0 Å². The predicted octanol–water partition coefficient (Wildman–Crippen LogP) is 27.9. The number of fused-ring (bicyclic) bond motifs is 12. The molecule has 0 bridgehead atoms. The third-order valence-electron chi connectivity index (χ3n) is 20.7. The Morgan fingerprint density at radius 1 is 0.183 bits per heavy atom. The summed E-state index contributed by atoms with van der Waals surface area (Å²) in [7, 11) is 0.703. The topological polar surface area (TPSA) is 29.5 Å². The van der Waals surface area contributed by atoms with Gasteiger partial charge in [-0.25, -0.2) is 0 Å². The maximum atomic E-state index is 8.88. The first-order valence-electron chi connectivity index (χ1n) is 35.4. The van der Waals surface area contributed by atoms with Crippen LogP contribution in [0.4, 0.5) is 0 Å². The van der Waals surface area contributed by atoms with Crippen LogP contribution in [0.5, 0.6) is 5.75 Å². The Morgan fingerprint density at radius 3 is 0.731 bits per heavy atom. The van der Waals surface area contributed by atoms with E-state index in [2.05, 4.69) is 380 Å². The van der Waals surface area contributed by atoms with Crippen molar-refractivity contribution in [3.05, 3.63) is 393 Å². The van der Waals surface area contributed by atoms with Crippen molar-refractivity contribution in [3.63, 3.8) is 0 Å². The molecular weight excluding hydrogens is 1320 g/mol. The first-order valence-corrected chi connectivity index (χ1v) is 36.2. The molecule has 2 nitrogen and oxygen atoms in total. The van der Waals surface area contributed by atoms with Gasteiger partial charge in [0.25, 0.3) is 0 Å². The summed E-state index contributed by atoms with van der Waals surface area (Å²) < 4.78 is 6.25. The van der Waals surface area contributed by atoms with Crippen molar-refractivity contribution in [1.29, 1.82) is 0 Å². The van der Waals surface area contributed by atoms with Gasteiger partial charge in [-0.3, -0.25) is 0 Å². The first kappa shape index (κ1) is 63.5. The summed E-state index contributed by atoms with van der Waals surface area (Å²) in [5, 5.41) is 34.2. The van der Waals surface area contributed by atoms with Crippen molar-refractivity contribution in [2.45, 2.75) is 0 Å². The lowest BCUT2D eigenvalue weighted by Crippen LogP contribution is -1.99. The molecule has 0 amide bonds. The molecule has 104 heavy (non-hydrogen) atoms. The van der Waals surface area contributed by atoms with Crippen LogP contribution in [-0.4, -0.2) is 12.7 Å². The van der Waals surface area contributed by atoms with Gasteiger partial charge in [-0.05, 0) is 214 Å². The van der Waals surface area contributed by atoms with E-state index in [0.717, 1.165) is 5.56 Å².